The number of carbonyl (C=O) groups is 3. The van der Waals surface area contributed by atoms with Gasteiger partial charge in [-0.25, -0.2) is 0 Å². The van der Waals surface area contributed by atoms with Crippen molar-refractivity contribution in [1.29, 1.82) is 0 Å². The highest BCUT2D eigenvalue weighted by molar-refractivity contribution is 6.22. The summed E-state index contributed by atoms with van der Waals surface area (Å²) in [5.41, 5.74) is 4.95. The van der Waals surface area contributed by atoms with Crippen molar-refractivity contribution < 1.29 is 14.4 Å². The maximum absolute atomic E-state index is 13.0. The molecule has 1 fully saturated rings. The van der Waals surface area contributed by atoms with Gasteiger partial charge in [-0.15, -0.1) is 0 Å². The van der Waals surface area contributed by atoms with Crippen LogP contribution in [0.3, 0.4) is 0 Å². The molecule has 6 heteroatoms. The van der Waals surface area contributed by atoms with Crippen molar-refractivity contribution in [2.24, 2.45) is 11.8 Å². The van der Waals surface area contributed by atoms with Crippen molar-refractivity contribution >= 4 is 29.1 Å². The maximum Gasteiger partial charge on any atom is 0.255 e. The molecule has 1 saturated heterocycles. The van der Waals surface area contributed by atoms with Gasteiger partial charge in [0.1, 0.15) is 0 Å². The SMILES string of the molecule is CC1=CC[C@H]2C(=O)N(c3cccc(C(=O)Nc4ccc(Cc5ccncc5)cc4)c3)C(=O)[C@@H]2C1. The molecule has 0 radical (unpaired) electrons. The van der Waals surface area contributed by atoms with E-state index in [0.717, 1.165) is 17.6 Å². The van der Waals surface area contributed by atoms with Crippen LogP contribution in [0.5, 0.6) is 0 Å². The topological polar surface area (TPSA) is 79.4 Å². The molecule has 1 aliphatic heterocycles. The van der Waals surface area contributed by atoms with E-state index in [1.165, 1.54) is 10.5 Å². The molecule has 0 bridgehead atoms. The minimum atomic E-state index is -0.306. The average Bonchev–Trinajstić information content (AvgIpc) is 3.10. The molecule has 6 nitrogen and oxygen atoms in total. The van der Waals surface area contributed by atoms with E-state index in [2.05, 4.69) is 10.3 Å². The van der Waals surface area contributed by atoms with Crippen LogP contribution < -0.4 is 10.2 Å². The largest absolute Gasteiger partial charge is 0.322 e. The third-order valence-corrected chi connectivity index (χ3v) is 6.56. The van der Waals surface area contributed by atoms with Crippen molar-refractivity contribution in [3.8, 4) is 0 Å². The molecule has 0 saturated carbocycles. The molecule has 2 atom stereocenters. The van der Waals surface area contributed by atoms with Gasteiger partial charge in [0, 0.05) is 23.6 Å². The number of rotatable bonds is 5. The lowest BCUT2D eigenvalue weighted by atomic mass is 9.82. The molecule has 1 aliphatic carbocycles. The molecule has 5 rings (SSSR count). The van der Waals surface area contributed by atoms with Gasteiger partial charge in [0.15, 0.2) is 0 Å². The third-order valence-electron chi connectivity index (χ3n) is 6.56. The average molecular weight is 452 g/mol. The minimum absolute atomic E-state index is 0.176. The highest BCUT2D eigenvalue weighted by Gasteiger charge is 2.48. The number of amides is 3. The van der Waals surface area contributed by atoms with Crippen LogP contribution in [0.4, 0.5) is 11.4 Å². The summed E-state index contributed by atoms with van der Waals surface area (Å²) in [4.78, 5) is 44.2. The molecule has 2 heterocycles. The Balaban J connectivity index is 1.29. The van der Waals surface area contributed by atoms with Crippen molar-refractivity contribution in [3.63, 3.8) is 0 Å². The fourth-order valence-corrected chi connectivity index (χ4v) is 4.72. The quantitative estimate of drug-likeness (QED) is 0.448. The normalized spacial score (nSPS) is 19.6. The lowest BCUT2D eigenvalue weighted by Gasteiger charge is -2.18. The van der Waals surface area contributed by atoms with Crippen LogP contribution in [0.15, 0.2) is 84.7 Å². The smallest absolute Gasteiger partial charge is 0.255 e. The van der Waals surface area contributed by atoms with Crippen LogP contribution in [0.2, 0.25) is 0 Å². The first-order valence-electron chi connectivity index (χ1n) is 11.4. The Morgan fingerprint density at radius 1 is 0.971 bits per heavy atom. The molecule has 0 spiro atoms. The van der Waals surface area contributed by atoms with E-state index in [1.54, 1.807) is 36.7 Å². The van der Waals surface area contributed by atoms with Crippen molar-refractivity contribution in [2.75, 3.05) is 10.2 Å². The van der Waals surface area contributed by atoms with Crippen LogP contribution in [0.25, 0.3) is 0 Å². The van der Waals surface area contributed by atoms with Crippen molar-refractivity contribution in [1.82, 2.24) is 4.98 Å². The van der Waals surface area contributed by atoms with Gasteiger partial charge in [0.05, 0.1) is 17.5 Å². The number of benzene rings is 2. The van der Waals surface area contributed by atoms with E-state index >= 15 is 0 Å². The molecule has 1 aromatic heterocycles. The Morgan fingerprint density at radius 2 is 1.68 bits per heavy atom. The van der Waals surface area contributed by atoms with Crippen LogP contribution in [0.1, 0.15) is 41.3 Å². The van der Waals surface area contributed by atoms with Gasteiger partial charge < -0.3 is 5.32 Å². The number of allylic oxidation sites excluding steroid dienone is 2. The Hall–Kier alpha value is -4.06. The van der Waals surface area contributed by atoms with E-state index in [1.807, 2.05) is 49.4 Å². The molecular formula is C28H25N3O3. The number of carbonyl (C=O) groups excluding carboxylic acids is 3. The summed E-state index contributed by atoms with van der Waals surface area (Å²) in [5, 5.41) is 2.90. The summed E-state index contributed by atoms with van der Waals surface area (Å²) in [7, 11) is 0. The summed E-state index contributed by atoms with van der Waals surface area (Å²) in [6.45, 7) is 1.99. The Bertz CT molecular complexity index is 1280. The lowest BCUT2D eigenvalue weighted by Crippen LogP contribution is -2.31. The van der Waals surface area contributed by atoms with E-state index < -0.39 is 0 Å². The summed E-state index contributed by atoms with van der Waals surface area (Å²) in [5.74, 6) is -1.26. The van der Waals surface area contributed by atoms with Gasteiger partial charge in [-0.3, -0.25) is 24.3 Å². The lowest BCUT2D eigenvalue weighted by molar-refractivity contribution is -0.122. The van der Waals surface area contributed by atoms with E-state index in [9.17, 15) is 14.4 Å². The fraction of sp³-hybridized carbons (Fsp3) is 0.214. The summed E-state index contributed by atoms with van der Waals surface area (Å²) < 4.78 is 0. The zero-order valence-corrected chi connectivity index (χ0v) is 18.9. The van der Waals surface area contributed by atoms with Gasteiger partial charge in [-0.1, -0.05) is 29.8 Å². The Labute approximate surface area is 198 Å². The summed E-state index contributed by atoms with van der Waals surface area (Å²) in [6, 6.07) is 18.3. The second-order valence-electron chi connectivity index (χ2n) is 8.95. The molecule has 2 aromatic carbocycles. The number of anilines is 2. The van der Waals surface area contributed by atoms with Crippen molar-refractivity contribution in [3.05, 3.63) is 101 Å². The molecule has 1 N–H and O–H groups in total. The maximum atomic E-state index is 13.0. The number of nitrogens with zero attached hydrogens (tertiary/aromatic N) is 2. The number of aromatic nitrogens is 1. The summed E-state index contributed by atoms with van der Waals surface area (Å²) in [6.07, 6.45) is 7.58. The monoisotopic (exact) mass is 451 g/mol. The number of nitrogens with one attached hydrogen (secondary N) is 1. The highest BCUT2D eigenvalue weighted by atomic mass is 16.2. The van der Waals surface area contributed by atoms with Gasteiger partial charge in [0.25, 0.3) is 5.91 Å². The van der Waals surface area contributed by atoms with Gasteiger partial charge in [-0.05, 0) is 79.8 Å². The van der Waals surface area contributed by atoms with Crippen molar-refractivity contribution in [2.45, 2.75) is 26.2 Å². The van der Waals surface area contributed by atoms with E-state index in [4.69, 9.17) is 0 Å². The second-order valence-corrected chi connectivity index (χ2v) is 8.95. The molecule has 3 aromatic rings. The molecule has 34 heavy (non-hydrogen) atoms. The number of hydrogen-bond donors (Lipinski definition) is 1. The standard InChI is InChI=1S/C28H25N3O3/c1-18-5-10-24-25(15-18)28(34)31(27(24)33)23-4-2-3-21(17-23)26(32)30-22-8-6-19(7-9-22)16-20-11-13-29-14-12-20/h2-9,11-14,17,24-25H,10,15-16H2,1H3,(H,30,32)/t24-,25-/m1/s1. The summed E-state index contributed by atoms with van der Waals surface area (Å²) >= 11 is 0. The molecule has 0 unspecified atom stereocenters. The van der Waals surface area contributed by atoms with E-state index in [-0.39, 0.29) is 29.6 Å². The van der Waals surface area contributed by atoms with E-state index in [0.29, 0.717) is 29.8 Å². The fourth-order valence-electron chi connectivity index (χ4n) is 4.72. The number of fused-ring (bicyclic) bond motifs is 1. The minimum Gasteiger partial charge on any atom is -0.322 e. The third kappa shape index (κ3) is 4.27. The van der Waals surface area contributed by atoms with Crippen LogP contribution in [0, 0.1) is 11.8 Å². The van der Waals surface area contributed by atoms with Gasteiger partial charge in [-0.2, -0.15) is 0 Å². The first kappa shape index (κ1) is 21.8. The number of imide groups is 1. The predicted molar refractivity (Wildman–Crippen MR) is 130 cm³/mol. The Kier molecular flexibility index (Phi) is 5.80. The second kappa shape index (κ2) is 9.06. The van der Waals surface area contributed by atoms with Crippen LogP contribution >= 0.6 is 0 Å². The molecule has 2 aliphatic rings. The van der Waals surface area contributed by atoms with Gasteiger partial charge >= 0.3 is 0 Å². The molecular weight excluding hydrogens is 426 g/mol. The zero-order valence-electron chi connectivity index (χ0n) is 18.9. The first-order chi connectivity index (χ1) is 16.5. The molecule has 170 valence electrons. The Morgan fingerprint density at radius 3 is 2.44 bits per heavy atom. The zero-order chi connectivity index (χ0) is 23.7. The number of pyridine rings is 1. The molecule has 3 amide bonds. The highest BCUT2D eigenvalue weighted by Crippen LogP contribution is 2.39. The van der Waals surface area contributed by atoms with Crippen LogP contribution in [-0.4, -0.2) is 22.7 Å². The van der Waals surface area contributed by atoms with Crippen LogP contribution in [-0.2, 0) is 16.0 Å². The predicted octanol–water partition coefficient (Wildman–Crippen LogP) is 4.77. The number of hydrogen-bond acceptors (Lipinski definition) is 4. The van der Waals surface area contributed by atoms with Gasteiger partial charge in [0.2, 0.25) is 11.8 Å². The first-order valence-corrected chi connectivity index (χ1v) is 11.4.